The molecule has 9 nitrogen and oxygen atoms in total. The van der Waals surface area contributed by atoms with E-state index in [4.69, 9.17) is 9.47 Å². The summed E-state index contributed by atoms with van der Waals surface area (Å²) in [5.41, 5.74) is 0. The predicted octanol–water partition coefficient (Wildman–Crippen LogP) is 7.39. The van der Waals surface area contributed by atoms with Crippen molar-refractivity contribution >= 4 is 5.91 Å². The Morgan fingerprint density at radius 2 is 1.14 bits per heavy atom. The molecule has 9 heteroatoms. The summed E-state index contributed by atoms with van der Waals surface area (Å²) in [5, 5.41) is 54.0. The van der Waals surface area contributed by atoms with E-state index in [0.717, 1.165) is 44.9 Å². The fourth-order valence-corrected chi connectivity index (χ4v) is 6.51. The molecular weight excluding hydrogens is 622 g/mol. The van der Waals surface area contributed by atoms with Crippen LogP contribution in [0.1, 0.15) is 181 Å². The number of ether oxygens (including phenoxy) is 2. The third-order valence-electron chi connectivity index (χ3n) is 9.87. The van der Waals surface area contributed by atoms with Gasteiger partial charge in [-0.25, -0.2) is 0 Å². The first kappa shape index (κ1) is 46.0. The van der Waals surface area contributed by atoms with E-state index in [1.807, 2.05) is 0 Å². The molecule has 0 aromatic rings. The minimum atomic E-state index is -1.55. The Hall–Kier alpha value is -1.07. The van der Waals surface area contributed by atoms with Gasteiger partial charge in [0.05, 0.1) is 25.4 Å². The Labute approximate surface area is 299 Å². The minimum absolute atomic E-state index is 0.147. The number of rotatable bonds is 33. The standard InChI is InChI=1S/C40H77NO8/c1-3-5-7-9-11-13-14-15-16-17-18-19-20-22-23-25-27-29-34(43)33(32-48-40-39(47)38(46)37(45)35(31-42)49-40)41-36(44)30-28-26-24-21-12-10-8-6-4-2/h20,22,33-35,37-40,42-43,45-47H,3-19,21,23-32H2,1-2H3,(H,41,44)/b22-20+/t33-,34+,35+,37+,38?,39?,40+/m0/s1. The molecule has 49 heavy (non-hydrogen) atoms. The molecule has 0 aromatic heterocycles. The third-order valence-corrected chi connectivity index (χ3v) is 9.87. The fraction of sp³-hybridized carbons (Fsp3) is 0.925. The predicted molar refractivity (Wildman–Crippen MR) is 198 cm³/mol. The number of aliphatic hydroxyl groups is 5. The first-order chi connectivity index (χ1) is 23.8. The van der Waals surface area contributed by atoms with Gasteiger partial charge in [0.2, 0.25) is 5.91 Å². The summed E-state index contributed by atoms with van der Waals surface area (Å²) in [6.45, 7) is 3.78. The Bertz CT molecular complexity index is 781. The molecule has 1 saturated heterocycles. The highest BCUT2D eigenvalue weighted by Crippen LogP contribution is 2.23. The van der Waals surface area contributed by atoms with Crippen molar-refractivity contribution in [2.24, 2.45) is 0 Å². The topological polar surface area (TPSA) is 149 Å². The van der Waals surface area contributed by atoms with Crippen molar-refractivity contribution in [1.82, 2.24) is 5.32 Å². The molecule has 6 N–H and O–H groups in total. The van der Waals surface area contributed by atoms with E-state index >= 15 is 0 Å². The van der Waals surface area contributed by atoms with E-state index in [2.05, 4.69) is 31.3 Å². The third kappa shape index (κ3) is 23.2. The fourth-order valence-electron chi connectivity index (χ4n) is 6.51. The second-order valence-electron chi connectivity index (χ2n) is 14.4. The zero-order chi connectivity index (χ0) is 36.0. The second-order valence-corrected chi connectivity index (χ2v) is 14.4. The van der Waals surface area contributed by atoms with Crippen molar-refractivity contribution in [2.75, 3.05) is 13.2 Å². The van der Waals surface area contributed by atoms with Crippen LogP contribution in [0, 0.1) is 0 Å². The number of unbranched alkanes of at least 4 members (excludes halogenated alkanes) is 21. The van der Waals surface area contributed by atoms with Crippen molar-refractivity contribution in [2.45, 2.75) is 224 Å². The normalized spacial score (nSPS) is 22.5. The van der Waals surface area contributed by atoms with Crippen molar-refractivity contribution in [3.8, 4) is 0 Å². The van der Waals surface area contributed by atoms with Gasteiger partial charge in [0, 0.05) is 6.42 Å². The van der Waals surface area contributed by atoms with Gasteiger partial charge >= 0.3 is 0 Å². The number of hydrogen-bond donors (Lipinski definition) is 6. The lowest BCUT2D eigenvalue weighted by molar-refractivity contribution is -0.302. The second kappa shape index (κ2) is 31.6. The van der Waals surface area contributed by atoms with Gasteiger partial charge in [0.1, 0.15) is 24.4 Å². The van der Waals surface area contributed by atoms with E-state index in [-0.39, 0.29) is 12.5 Å². The summed E-state index contributed by atoms with van der Waals surface area (Å²) in [6, 6.07) is -0.727. The van der Waals surface area contributed by atoms with Crippen LogP contribution in [0.15, 0.2) is 12.2 Å². The van der Waals surface area contributed by atoms with Gasteiger partial charge in [0.15, 0.2) is 6.29 Å². The van der Waals surface area contributed by atoms with Gasteiger partial charge in [-0.1, -0.05) is 148 Å². The molecule has 1 amide bonds. The highest BCUT2D eigenvalue weighted by molar-refractivity contribution is 5.76. The van der Waals surface area contributed by atoms with Crippen LogP contribution in [0.5, 0.6) is 0 Å². The van der Waals surface area contributed by atoms with Crippen LogP contribution in [-0.2, 0) is 14.3 Å². The van der Waals surface area contributed by atoms with Gasteiger partial charge in [-0.3, -0.25) is 4.79 Å². The Morgan fingerprint density at radius 3 is 1.65 bits per heavy atom. The summed E-state index contributed by atoms with van der Waals surface area (Å²) in [6.07, 6.45) is 26.6. The van der Waals surface area contributed by atoms with Gasteiger partial charge in [0.25, 0.3) is 0 Å². The van der Waals surface area contributed by atoms with E-state index in [0.29, 0.717) is 12.8 Å². The first-order valence-corrected chi connectivity index (χ1v) is 20.4. The van der Waals surface area contributed by atoms with E-state index in [1.165, 1.54) is 109 Å². The molecule has 290 valence electrons. The maximum Gasteiger partial charge on any atom is 0.220 e. The average Bonchev–Trinajstić information content (AvgIpc) is 3.10. The number of nitrogens with one attached hydrogen (secondary N) is 1. The SMILES string of the molecule is CCCCCCCCCCCCC/C=C/CCCC[C@@H](O)[C@H](CO[C@@H]1O[C@H](CO)[C@@H](O)C(O)C1O)NC(=O)CCCCCCCCCCC. The van der Waals surface area contributed by atoms with Gasteiger partial charge in [-0.2, -0.15) is 0 Å². The van der Waals surface area contributed by atoms with Gasteiger partial charge in [-0.15, -0.1) is 0 Å². The smallest absolute Gasteiger partial charge is 0.220 e. The Balaban J connectivity index is 2.38. The lowest BCUT2D eigenvalue weighted by Gasteiger charge is -2.40. The van der Waals surface area contributed by atoms with E-state index < -0.39 is 49.5 Å². The monoisotopic (exact) mass is 700 g/mol. The zero-order valence-corrected chi connectivity index (χ0v) is 31.5. The minimum Gasteiger partial charge on any atom is -0.394 e. The molecular formula is C40H77NO8. The van der Waals surface area contributed by atoms with Crippen LogP contribution >= 0.6 is 0 Å². The van der Waals surface area contributed by atoms with E-state index in [1.54, 1.807) is 0 Å². The number of carbonyl (C=O) groups excluding carboxylic acids is 1. The summed E-state index contributed by atoms with van der Waals surface area (Å²) >= 11 is 0. The molecule has 0 aromatic carbocycles. The molecule has 0 saturated carbocycles. The molecule has 0 spiro atoms. The molecule has 0 aliphatic carbocycles. The summed E-state index contributed by atoms with van der Waals surface area (Å²) in [7, 11) is 0. The van der Waals surface area contributed by atoms with Crippen molar-refractivity contribution in [1.29, 1.82) is 0 Å². The van der Waals surface area contributed by atoms with Crippen LogP contribution in [0.4, 0.5) is 0 Å². The Kier molecular flexibility index (Phi) is 29.7. The maximum absolute atomic E-state index is 12.8. The lowest BCUT2D eigenvalue weighted by atomic mass is 9.99. The van der Waals surface area contributed by atoms with Crippen molar-refractivity contribution in [3.63, 3.8) is 0 Å². The number of allylic oxidation sites excluding steroid dienone is 2. The molecule has 1 aliphatic heterocycles. The highest BCUT2D eigenvalue weighted by Gasteiger charge is 2.44. The lowest BCUT2D eigenvalue weighted by Crippen LogP contribution is -2.60. The highest BCUT2D eigenvalue weighted by atomic mass is 16.7. The number of carbonyl (C=O) groups is 1. The van der Waals surface area contributed by atoms with Crippen molar-refractivity contribution in [3.05, 3.63) is 12.2 Å². The molecule has 2 unspecified atom stereocenters. The molecule has 1 rings (SSSR count). The number of aliphatic hydroxyl groups excluding tert-OH is 5. The van der Waals surface area contributed by atoms with E-state index in [9.17, 15) is 30.3 Å². The average molecular weight is 700 g/mol. The van der Waals surface area contributed by atoms with Crippen LogP contribution in [0.2, 0.25) is 0 Å². The summed E-state index contributed by atoms with van der Waals surface area (Å²) < 4.78 is 11.2. The molecule has 0 bridgehead atoms. The Morgan fingerprint density at radius 1 is 0.673 bits per heavy atom. The maximum atomic E-state index is 12.8. The van der Waals surface area contributed by atoms with Crippen molar-refractivity contribution < 1.29 is 39.8 Å². The quantitative estimate of drug-likeness (QED) is 0.0307. The molecule has 1 heterocycles. The van der Waals surface area contributed by atoms with Gasteiger partial charge in [-0.05, 0) is 38.5 Å². The molecule has 1 aliphatic rings. The number of amides is 1. The molecule has 7 atom stereocenters. The van der Waals surface area contributed by atoms with Crippen LogP contribution < -0.4 is 5.32 Å². The number of hydrogen-bond acceptors (Lipinski definition) is 8. The van der Waals surface area contributed by atoms with Crippen LogP contribution in [0.25, 0.3) is 0 Å². The van der Waals surface area contributed by atoms with Crippen LogP contribution in [-0.4, -0.2) is 87.5 Å². The zero-order valence-electron chi connectivity index (χ0n) is 31.5. The molecule has 1 fully saturated rings. The largest absolute Gasteiger partial charge is 0.394 e. The van der Waals surface area contributed by atoms with Crippen LogP contribution in [0.3, 0.4) is 0 Å². The molecule has 0 radical (unpaired) electrons. The van der Waals surface area contributed by atoms with Gasteiger partial charge < -0.3 is 40.3 Å². The summed E-state index contributed by atoms with van der Waals surface area (Å²) in [4.78, 5) is 12.8. The summed E-state index contributed by atoms with van der Waals surface area (Å²) in [5.74, 6) is -0.158. The first-order valence-electron chi connectivity index (χ1n) is 20.4.